The Hall–Kier alpha value is -1.30. The van der Waals surface area contributed by atoms with Crippen molar-refractivity contribution in [3.8, 4) is 0 Å². The van der Waals surface area contributed by atoms with Crippen LogP contribution in [0.1, 0.15) is 6.42 Å². The third-order valence-corrected chi connectivity index (χ3v) is 2.27. The molecule has 2 heterocycles. The maximum Gasteiger partial charge on any atom is 0.390 e. The molecule has 0 aliphatic rings. The second-order valence-corrected chi connectivity index (χ2v) is 3.67. The lowest BCUT2D eigenvalue weighted by molar-refractivity contribution is -0.137. The van der Waals surface area contributed by atoms with Crippen molar-refractivity contribution in [1.82, 2.24) is 14.8 Å². The fourth-order valence-corrected chi connectivity index (χ4v) is 1.47. The van der Waals surface area contributed by atoms with Crippen LogP contribution in [0.5, 0.6) is 0 Å². The Morgan fingerprint density at radius 3 is 2.75 bits per heavy atom. The quantitative estimate of drug-likeness (QED) is 0.766. The highest BCUT2D eigenvalue weighted by Crippen LogP contribution is 2.22. The van der Waals surface area contributed by atoms with Gasteiger partial charge in [0, 0.05) is 5.39 Å². The average Bonchev–Trinajstić information content (AvgIpc) is 2.56. The van der Waals surface area contributed by atoms with Gasteiger partial charge in [0.15, 0.2) is 5.65 Å². The zero-order valence-electron chi connectivity index (χ0n) is 8.00. The largest absolute Gasteiger partial charge is 0.390 e. The molecule has 7 heteroatoms. The van der Waals surface area contributed by atoms with Crippen molar-refractivity contribution >= 4 is 22.6 Å². The second kappa shape index (κ2) is 3.93. The molecule has 0 amide bonds. The van der Waals surface area contributed by atoms with Crippen LogP contribution >= 0.6 is 11.6 Å². The van der Waals surface area contributed by atoms with E-state index in [0.717, 1.165) is 0 Å². The number of fused-ring (bicyclic) bond motifs is 1. The van der Waals surface area contributed by atoms with Crippen molar-refractivity contribution in [1.29, 1.82) is 0 Å². The Morgan fingerprint density at radius 2 is 2.06 bits per heavy atom. The summed E-state index contributed by atoms with van der Waals surface area (Å²) in [6.07, 6.45) is -3.66. The normalized spacial score (nSPS) is 12.2. The molecule has 0 atom stereocenters. The van der Waals surface area contributed by atoms with Crippen molar-refractivity contribution in [3.63, 3.8) is 0 Å². The number of pyridine rings is 1. The summed E-state index contributed by atoms with van der Waals surface area (Å²) >= 11 is 5.66. The summed E-state index contributed by atoms with van der Waals surface area (Å²) in [6, 6.07) is 3.24. The first-order valence-corrected chi connectivity index (χ1v) is 4.88. The Bertz CT molecular complexity index is 506. The van der Waals surface area contributed by atoms with E-state index in [0.29, 0.717) is 11.0 Å². The van der Waals surface area contributed by atoms with Gasteiger partial charge in [0.25, 0.3) is 0 Å². The first-order valence-electron chi connectivity index (χ1n) is 4.50. The predicted molar refractivity (Wildman–Crippen MR) is 53.2 cm³/mol. The summed E-state index contributed by atoms with van der Waals surface area (Å²) in [5.41, 5.74) is 0.372. The van der Waals surface area contributed by atoms with Crippen LogP contribution in [0.15, 0.2) is 18.3 Å². The van der Waals surface area contributed by atoms with Gasteiger partial charge in [0.05, 0.1) is 19.2 Å². The van der Waals surface area contributed by atoms with Crippen LogP contribution in [-0.2, 0) is 6.54 Å². The lowest BCUT2D eigenvalue weighted by Crippen LogP contribution is -2.13. The standard InChI is InChI=1S/C9H7ClF3N3/c10-7-2-1-6-5-14-16(8(6)15-7)4-3-9(11,12)13/h1-2,5H,3-4H2. The Kier molecular flexibility index (Phi) is 2.75. The van der Waals surface area contributed by atoms with Crippen LogP contribution in [0.25, 0.3) is 11.0 Å². The van der Waals surface area contributed by atoms with Gasteiger partial charge in [-0.25, -0.2) is 9.67 Å². The van der Waals surface area contributed by atoms with Crippen molar-refractivity contribution in [3.05, 3.63) is 23.5 Å². The number of aryl methyl sites for hydroxylation is 1. The topological polar surface area (TPSA) is 30.7 Å². The van der Waals surface area contributed by atoms with Crippen LogP contribution in [0, 0.1) is 0 Å². The number of aromatic nitrogens is 3. The van der Waals surface area contributed by atoms with E-state index < -0.39 is 12.6 Å². The first kappa shape index (κ1) is 11.2. The highest BCUT2D eigenvalue weighted by molar-refractivity contribution is 6.29. The van der Waals surface area contributed by atoms with Gasteiger partial charge in [0.2, 0.25) is 0 Å². The van der Waals surface area contributed by atoms with E-state index in [4.69, 9.17) is 11.6 Å². The lowest BCUT2D eigenvalue weighted by atomic mass is 10.3. The van der Waals surface area contributed by atoms with Crippen LogP contribution < -0.4 is 0 Å². The summed E-state index contributed by atoms with van der Waals surface area (Å²) < 4.78 is 37.3. The maximum absolute atomic E-state index is 12.0. The Morgan fingerprint density at radius 1 is 1.31 bits per heavy atom. The second-order valence-electron chi connectivity index (χ2n) is 3.28. The predicted octanol–water partition coefficient (Wildman–Crippen LogP) is 3.04. The summed E-state index contributed by atoms with van der Waals surface area (Å²) in [6.45, 7) is -0.250. The van der Waals surface area contributed by atoms with Crippen LogP contribution in [0.3, 0.4) is 0 Å². The van der Waals surface area contributed by atoms with E-state index in [1.165, 1.54) is 10.9 Å². The number of halogens is 4. The minimum absolute atomic E-state index is 0.237. The number of nitrogens with zero attached hydrogens (tertiary/aromatic N) is 3. The summed E-state index contributed by atoms with van der Waals surface area (Å²) in [5.74, 6) is 0. The van der Waals surface area contributed by atoms with Crippen LogP contribution in [0.4, 0.5) is 13.2 Å². The molecule has 0 fully saturated rings. The number of rotatable bonds is 2. The van der Waals surface area contributed by atoms with Gasteiger partial charge in [-0.15, -0.1) is 0 Å². The zero-order valence-corrected chi connectivity index (χ0v) is 8.76. The van der Waals surface area contributed by atoms with E-state index >= 15 is 0 Å². The lowest BCUT2D eigenvalue weighted by Gasteiger charge is -2.06. The van der Waals surface area contributed by atoms with E-state index in [-0.39, 0.29) is 11.7 Å². The third-order valence-electron chi connectivity index (χ3n) is 2.06. The van der Waals surface area contributed by atoms with Crippen LogP contribution in [0.2, 0.25) is 5.15 Å². The van der Waals surface area contributed by atoms with Crippen molar-refractivity contribution in [2.24, 2.45) is 0 Å². The Labute approximate surface area is 93.8 Å². The zero-order chi connectivity index (χ0) is 11.8. The van der Waals surface area contributed by atoms with Gasteiger partial charge in [-0.05, 0) is 12.1 Å². The number of alkyl halides is 3. The molecule has 0 bridgehead atoms. The number of hydrogen-bond donors (Lipinski definition) is 0. The molecule has 86 valence electrons. The molecule has 0 saturated carbocycles. The molecule has 0 saturated heterocycles. The fourth-order valence-electron chi connectivity index (χ4n) is 1.33. The van der Waals surface area contributed by atoms with Crippen molar-refractivity contribution < 1.29 is 13.2 Å². The molecule has 16 heavy (non-hydrogen) atoms. The molecule has 0 spiro atoms. The van der Waals surface area contributed by atoms with Gasteiger partial charge in [-0.3, -0.25) is 0 Å². The molecule has 0 aliphatic carbocycles. The highest BCUT2D eigenvalue weighted by Gasteiger charge is 2.27. The van der Waals surface area contributed by atoms with E-state index in [1.807, 2.05) is 0 Å². The van der Waals surface area contributed by atoms with Gasteiger partial charge < -0.3 is 0 Å². The molecular formula is C9H7ClF3N3. The SMILES string of the molecule is FC(F)(F)CCn1ncc2ccc(Cl)nc21. The minimum atomic E-state index is -4.20. The molecule has 0 unspecified atom stereocenters. The van der Waals surface area contributed by atoms with Crippen LogP contribution in [-0.4, -0.2) is 20.9 Å². The molecule has 3 nitrogen and oxygen atoms in total. The number of hydrogen-bond acceptors (Lipinski definition) is 2. The smallest absolute Gasteiger partial charge is 0.247 e. The Balaban J connectivity index is 2.28. The summed E-state index contributed by atoms with van der Waals surface area (Å²) in [5, 5.41) is 4.75. The highest BCUT2D eigenvalue weighted by atomic mass is 35.5. The van der Waals surface area contributed by atoms with Gasteiger partial charge >= 0.3 is 6.18 Å². The maximum atomic E-state index is 12.0. The van der Waals surface area contributed by atoms with E-state index in [2.05, 4.69) is 10.1 Å². The minimum Gasteiger partial charge on any atom is -0.247 e. The van der Waals surface area contributed by atoms with Gasteiger partial charge in [-0.2, -0.15) is 18.3 Å². The molecule has 0 aromatic carbocycles. The molecule has 0 radical (unpaired) electrons. The van der Waals surface area contributed by atoms with Crippen molar-refractivity contribution in [2.45, 2.75) is 19.1 Å². The summed E-state index contributed by atoms with van der Waals surface area (Å²) in [7, 11) is 0. The summed E-state index contributed by atoms with van der Waals surface area (Å²) in [4.78, 5) is 3.93. The van der Waals surface area contributed by atoms with E-state index in [1.54, 1.807) is 12.1 Å². The molecule has 0 N–H and O–H groups in total. The molecule has 0 aliphatic heterocycles. The third kappa shape index (κ3) is 2.44. The molecule has 2 rings (SSSR count). The first-order chi connectivity index (χ1) is 7.46. The van der Waals surface area contributed by atoms with Gasteiger partial charge in [0.1, 0.15) is 5.15 Å². The molecule has 2 aromatic rings. The monoisotopic (exact) mass is 249 g/mol. The van der Waals surface area contributed by atoms with E-state index in [9.17, 15) is 13.2 Å². The molecular weight excluding hydrogens is 243 g/mol. The fraction of sp³-hybridized carbons (Fsp3) is 0.333. The van der Waals surface area contributed by atoms with Crippen molar-refractivity contribution in [2.75, 3.05) is 0 Å². The molecule has 2 aromatic heterocycles. The average molecular weight is 250 g/mol. The van der Waals surface area contributed by atoms with Gasteiger partial charge in [-0.1, -0.05) is 11.6 Å².